The van der Waals surface area contributed by atoms with E-state index in [0.717, 1.165) is 42.7 Å². The molecular formula is C16H22O4. The molecule has 1 aromatic carbocycles. The highest BCUT2D eigenvalue weighted by molar-refractivity contribution is 5.78. The smallest absolute Gasteiger partial charge is 0.313 e. The van der Waals surface area contributed by atoms with Crippen LogP contribution in [-0.4, -0.2) is 26.3 Å². The molecule has 0 aliphatic carbocycles. The van der Waals surface area contributed by atoms with E-state index >= 15 is 0 Å². The number of carbonyl (C=O) groups is 1. The van der Waals surface area contributed by atoms with Crippen LogP contribution in [0.3, 0.4) is 0 Å². The first kappa shape index (κ1) is 14.7. The third-order valence-electron chi connectivity index (χ3n) is 3.51. The lowest BCUT2D eigenvalue weighted by Crippen LogP contribution is -2.14. The van der Waals surface area contributed by atoms with E-state index in [1.165, 1.54) is 7.11 Å². The Kier molecular flexibility index (Phi) is 5.27. The number of esters is 1. The van der Waals surface area contributed by atoms with Gasteiger partial charge < -0.3 is 14.2 Å². The van der Waals surface area contributed by atoms with Gasteiger partial charge in [0.15, 0.2) is 11.5 Å². The Morgan fingerprint density at radius 2 is 2.05 bits per heavy atom. The van der Waals surface area contributed by atoms with Gasteiger partial charge in [-0.25, -0.2) is 0 Å². The predicted molar refractivity (Wildman–Crippen MR) is 76.3 cm³/mol. The second-order valence-corrected chi connectivity index (χ2v) is 4.97. The average Bonchev–Trinajstić information content (AvgIpc) is 2.72. The Morgan fingerprint density at radius 3 is 2.75 bits per heavy atom. The van der Waals surface area contributed by atoms with Crippen molar-refractivity contribution < 1.29 is 19.0 Å². The Labute approximate surface area is 120 Å². The number of hydrogen-bond donors (Lipinski definition) is 0. The zero-order chi connectivity index (χ0) is 14.4. The SMILES string of the molecule is CCCCC(C(=O)OC)c1ccc2c(c1)OCCCO2. The molecule has 1 heterocycles. The first-order valence-corrected chi connectivity index (χ1v) is 7.23. The van der Waals surface area contributed by atoms with Crippen molar-refractivity contribution >= 4 is 5.97 Å². The van der Waals surface area contributed by atoms with Crippen LogP contribution in [0, 0.1) is 0 Å². The molecule has 0 amide bonds. The maximum atomic E-state index is 12.0. The number of hydrogen-bond acceptors (Lipinski definition) is 4. The number of fused-ring (bicyclic) bond motifs is 1. The molecule has 20 heavy (non-hydrogen) atoms. The number of benzene rings is 1. The molecule has 1 aliphatic heterocycles. The first-order valence-electron chi connectivity index (χ1n) is 7.23. The molecule has 0 saturated carbocycles. The van der Waals surface area contributed by atoms with Gasteiger partial charge in [0.2, 0.25) is 0 Å². The van der Waals surface area contributed by atoms with Crippen molar-refractivity contribution in [1.82, 2.24) is 0 Å². The van der Waals surface area contributed by atoms with Gasteiger partial charge in [-0.15, -0.1) is 0 Å². The Hall–Kier alpha value is -1.71. The summed E-state index contributed by atoms with van der Waals surface area (Å²) in [5.41, 5.74) is 0.939. The van der Waals surface area contributed by atoms with Gasteiger partial charge in [0, 0.05) is 6.42 Å². The standard InChI is InChI=1S/C16H22O4/c1-3-4-6-13(16(17)18-2)12-7-8-14-15(11-12)20-10-5-9-19-14/h7-8,11,13H,3-6,9-10H2,1-2H3. The topological polar surface area (TPSA) is 44.8 Å². The lowest BCUT2D eigenvalue weighted by molar-refractivity contribution is -0.142. The average molecular weight is 278 g/mol. The Bertz CT molecular complexity index is 456. The Balaban J connectivity index is 2.24. The molecule has 1 atom stereocenters. The normalized spacial score (nSPS) is 15.3. The van der Waals surface area contributed by atoms with E-state index in [1.54, 1.807) is 0 Å². The maximum Gasteiger partial charge on any atom is 0.313 e. The number of methoxy groups -OCH3 is 1. The highest BCUT2D eigenvalue weighted by Gasteiger charge is 2.23. The van der Waals surface area contributed by atoms with Crippen molar-refractivity contribution in [2.75, 3.05) is 20.3 Å². The largest absolute Gasteiger partial charge is 0.490 e. The summed E-state index contributed by atoms with van der Waals surface area (Å²) in [5, 5.41) is 0. The van der Waals surface area contributed by atoms with Gasteiger partial charge in [0.05, 0.1) is 26.2 Å². The summed E-state index contributed by atoms with van der Waals surface area (Å²) >= 11 is 0. The molecule has 2 rings (SSSR count). The van der Waals surface area contributed by atoms with Gasteiger partial charge in [0.1, 0.15) is 0 Å². The lowest BCUT2D eigenvalue weighted by Gasteiger charge is -2.16. The number of carbonyl (C=O) groups excluding carboxylic acids is 1. The lowest BCUT2D eigenvalue weighted by atomic mass is 9.93. The zero-order valence-corrected chi connectivity index (χ0v) is 12.2. The fraction of sp³-hybridized carbons (Fsp3) is 0.562. The van der Waals surface area contributed by atoms with Gasteiger partial charge in [-0.2, -0.15) is 0 Å². The van der Waals surface area contributed by atoms with Gasteiger partial charge in [0.25, 0.3) is 0 Å². The van der Waals surface area contributed by atoms with Crippen LogP contribution in [0.15, 0.2) is 18.2 Å². The number of unbranched alkanes of at least 4 members (excludes halogenated alkanes) is 1. The zero-order valence-electron chi connectivity index (χ0n) is 12.2. The summed E-state index contributed by atoms with van der Waals surface area (Å²) in [6.07, 6.45) is 3.72. The van der Waals surface area contributed by atoms with Crippen LogP contribution in [0.2, 0.25) is 0 Å². The molecule has 1 unspecified atom stereocenters. The molecule has 110 valence electrons. The van der Waals surface area contributed by atoms with E-state index < -0.39 is 0 Å². The van der Waals surface area contributed by atoms with E-state index in [2.05, 4.69) is 6.92 Å². The molecule has 0 fully saturated rings. The third-order valence-corrected chi connectivity index (χ3v) is 3.51. The molecule has 0 radical (unpaired) electrons. The maximum absolute atomic E-state index is 12.0. The summed E-state index contributed by atoms with van der Waals surface area (Å²) in [4.78, 5) is 12.0. The summed E-state index contributed by atoms with van der Waals surface area (Å²) < 4.78 is 16.2. The monoisotopic (exact) mass is 278 g/mol. The number of ether oxygens (including phenoxy) is 3. The summed E-state index contributed by atoms with van der Waals surface area (Å²) in [6, 6.07) is 5.74. The predicted octanol–water partition coefficient (Wildman–Crippen LogP) is 3.29. The number of rotatable bonds is 5. The van der Waals surface area contributed by atoms with Crippen LogP contribution in [0.4, 0.5) is 0 Å². The fourth-order valence-electron chi connectivity index (χ4n) is 2.37. The molecule has 4 nitrogen and oxygen atoms in total. The van der Waals surface area contributed by atoms with Crippen LogP contribution in [-0.2, 0) is 9.53 Å². The van der Waals surface area contributed by atoms with E-state index in [9.17, 15) is 4.79 Å². The molecule has 1 aromatic rings. The van der Waals surface area contributed by atoms with E-state index in [1.807, 2.05) is 18.2 Å². The van der Waals surface area contributed by atoms with E-state index in [0.29, 0.717) is 13.2 Å². The van der Waals surface area contributed by atoms with Crippen LogP contribution < -0.4 is 9.47 Å². The van der Waals surface area contributed by atoms with E-state index in [4.69, 9.17) is 14.2 Å². The highest BCUT2D eigenvalue weighted by atomic mass is 16.5. The minimum atomic E-state index is -0.225. The molecule has 0 saturated heterocycles. The molecule has 0 N–H and O–H groups in total. The summed E-state index contributed by atoms with van der Waals surface area (Å²) in [7, 11) is 1.43. The molecule has 4 heteroatoms. The van der Waals surface area contributed by atoms with Gasteiger partial charge in [-0.05, 0) is 24.1 Å². The van der Waals surface area contributed by atoms with Crippen molar-refractivity contribution in [3.8, 4) is 11.5 Å². The van der Waals surface area contributed by atoms with Crippen molar-refractivity contribution in [2.24, 2.45) is 0 Å². The molecule has 0 bridgehead atoms. The minimum Gasteiger partial charge on any atom is -0.490 e. The summed E-state index contributed by atoms with van der Waals surface area (Å²) in [5.74, 6) is 1.07. The first-order chi connectivity index (χ1) is 9.76. The molecule has 0 spiro atoms. The Morgan fingerprint density at radius 1 is 1.30 bits per heavy atom. The van der Waals surface area contributed by atoms with Crippen LogP contribution >= 0.6 is 0 Å². The molecular weight excluding hydrogens is 256 g/mol. The van der Waals surface area contributed by atoms with Crippen molar-refractivity contribution in [3.63, 3.8) is 0 Å². The molecule has 1 aliphatic rings. The minimum absolute atomic E-state index is 0.187. The van der Waals surface area contributed by atoms with Crippen molar-refractivity contribution in [1.29, 1.82) is 0 Å². The third kappa shape index (κ3) is 3.44. The van der Waals surface area contributed by atoms with Gasteiger partial charge >= 0.3 is 5.97 Å². The highest BCUT2D eigenvalue weighted by Crippen LogP contribution is 2.34. The van der Waals surface area contributed by atoms with Crippen LogP contribution in [0.1, 0.15) is 44.1 Å². The van der Waals surface area contributed by atoms with Crippen molar-refractivity contribution in [3.05, 3.63) is 23.8 Å². The fourth-order valence-corrected chi connectivity index (χ4v) is 2.37. The quantitative estimate of drug-likeness (QED) is 0.775. The second kappa shape index (κ2) is 7.17. The van der Waals surface area contributed by atoms with Crippen molar-refractivity contribution in [2.45, 2.75) is 38.5 Å². The van der Waals surface area contributed by atoms with E-state index in [-0.39, 0.29) is 11.9 Å². The van der Waals surface area contributed by atoms with Gasteiger partial charge in [-0.1, -0.05) is 25.8 Å². The summed E-state index contributed by atoms with van der Waals surface area (Å²) in [6.45, 7) is 3.43. The second-order valence-electron chi connectivity index (χ2n) is 4.97. The molecule has 0 aromatic heterocycles. The van der Waals surface area contributed by atoms with Gasteiger partial charge in [-0.3, -0.25) is 4.79 Å². The van der Waals surface area contributed by atoms with Crippen LogP contribution in [0.5, 0.6) is 11.5 Å². The van der Waals surface area contributed by atoms with Crippen LogP contribution in [0.25, 0.3) is 0 Å².